The molecule has 1 aromatic heterocycles. The molecule has 3 aromatic rings. The molecule has 0 saturated heterocycles. The fourth-order valence-corrected chi connectivity index (χ4v) is 2.82. The molecule has 0 aliphatic heterocycles. The Balaban J connectivity index is 1.96. The Morgan fingerprint density at radius 3 is 2.30 bits per heavy atom. The summed E-state index contributed by atoms with van der Waals surface area (Å²) in [6.07, 6.45) is -2.40. The van der Waals surface area contributed by atoms with Gasteiger partial charge in [0.15, 0.2) is 0 Å². The second kappa shape index (κ2) is 5.74. The zero-order valence-electron chi connectivity index (χ0n) is 12.6. The van der Waals surface area contributed by atoms with Gasteiger partial charge in [0.05, 0.1) is 17.7 Å². The normalized spacial score (nSPS) is 12.0. The molecular weight excluding hydrogens is 303 g/mol. The summed E-state index contributed by atoms with van der Waals surface area (Å²) in [6, 6.07) is 11.0. The van der Waals surface area contributed by atoms with Crippen molar-refractivity contribution in [2.45, 2.75) is 26.3 Å². The van der Waals surface area contributed by atoms with Gasteiger partial charge in [-0.25, -0.2) is 0 Å². The molecule has 0 spiro atoms. The van der Waals surface area contributed by atoms with Crippen LogP contribution in [0.5, 0.6) is 0 Å². The molecule has 120 valence electrons. The quantitative estimate of drug-likeness (QED) is 0.755. The molecule has 2 nitrogen and oxygen atoms in total. The number of aliphatic hydroxyl groups excluding tert-OH is 1. The van der Waals surface area contributed by atoms with Gasteiger partial charge in [0.25, 0.3) is 0 Å². The number of aromatic nitrogens is 1. The van der Waals surface area contributed by atoms with Gasteiger partial charge in [-0.1, -0.05) is 24.3 Å². The Morgan fingerprint density at radius 1 is 1.00 bits per heavy atom. The average Bonchev–Trinajstić information content (AvgIpc) is 2.91. The second-order valence-electron chi connectivity index (χ2n) is 5.58. The standard InChI is InChI=1S/C18H16F3NO/c1-12-15(11-23)5-4-14-8-9-22(17(12)14)10-13-2-6-16(7-3-13)18(19,20)21/h2-9,23H,10-11H2,1H3. The van der Waals surface area contributed by atoms with Crippen molar-refractivity contribution in [2.75, 3.05) is 0 Å². The number of alkyl halides is 3. The first-order valence-electron chi connectivity index (χ1n) is 7.24. The van der Waals surface area contributed by atoms with Crippen LogP contribution < -0.4 is 0 Å². The van der Waals surface area contributed by atoms with Gasteiger partial charge in [-0.15, -0.1) is 0 Å². The number of aryl methyl sites for hydroxylation is 1. The minimum Gasteiger partial charge on any atom is -0.392 e. The van der Waals surface area contributed by atoms with Crippen LogP contribution in [0.1, 0.15) is 22.3 Å². The second-order valence-corrected chi connectivity index (χ2v) is 5.58. The van der Waals surface area contributed by atoms with Crippen LogP contribution in [0.15, 0.2) is 48.7 Å². The number of nitrogens with zero attached hydrogens (tertiary/aromatic N) is 1. The Kier molecular flexibility index (Phi) is 3.90. The van der Waals surface area contributed by atoms with Crippen LogP contribution in [0, 0.1) is 6.92 Å². The Bertz CT molecular complexity index is 832. The molecule has 0 bridgehead atoms. The molecule has 0 aliphatic carbocycles. The van der Waals surface area contributed by atoms with Crippen LogP contribution >= 0.6 is 0 Å². The molecule has 0 fully saturated rings. The van der Waals surface area contributed by atoms with E-state index in [0.29, 0.717) is 6.54 Å². The first-order valence-corrected chi connectivity index (χ1v) is 7.24. The van der Waals surface area contributed by atoms with Crippen LogP contribution in [-0.4, -0.2) is 9.67 Å². The van der Waals surface area contributed by atoms with Gasteiger partial charge in [-0.3, -0.25) is 0 Å². The number of hydrogen-bond acceptors (Lipinski definition) is 1. The van der Waals surface area contributed by atoms with Crippen molar-refractivity contribution >= 4 is 10.9 Å². The lowest BCUT2D eigenvalue weighted by atomic mass is 10.1. The molecule has 2 aromatic carbocycles. The van der Waals surface area contributed by atoms with E-state index in [9.17, 15) is 18.3 Å². The zero-order valence-corrected chi connectivity index (χ0v) is 12.6. The fraction of sp³-hybridized carbons (Fsp3) is 0.222. The number of aliphatic hydroxyl groups is 1. The molecule has 0 radical (unpaired) electrons. The molecular formula is C18H16F3NO. The fourth-order valence-electron chi connectivity index (χ4n) is 2.82. The van der Waals surface area contributed by atoms with Crippen molar-refractivity contribution in [3.63, 3.8) is 0 Å². The van der Waals surface area contributed by atoms with Gasteiger partial charge >= 0.3 is 6.18 Å². The third-order valence-electron chi connectivity index (χ3n) is 4.10. The summed E-state index contributed by atoms with van der Waals surface area (Å²) >= 11 is 0. The lowest BCUT2D eigenvalue weighted by Crippen LogP contribution is -2.05. The predicted molar refractivity (Wildman–Crippen MR) is 83.1 cm³/mol. The van der Waals surface area contributed by atoms with E-state index in [-0.39, 0.29) is 6.61 Å². The van der Waals surface area contributed by atoms with Gasteiger partial charge in [0.1, 0.15) is 0 Å². The zero-order chi connectivity index (χ0) is 16.6. The van der Waals surface area contributed by atoms with Crippen LogP contribution in [-0.2, 0) is 19.3 Å². The van der Waals surface area contributed by atoms with E-state index >= 15 is 0 Å². The van der Waals surface area contributed by atoms with E-state index in [1.165, 1.54) is 12.1 Å². The van der Waals surface area contributed by atoms with Crippen molar-refractivity contribution in [3.8, 4) is 0 Å². The summed E-state index contributed by atoms with van der Waals surface area (Å²) in [5.41, 5.74) is 2.99. The van der Waals surface area contributed by atoms with Gasteiger partial charge in [-0.2, -0.15) is 13.2 Å². The van der Waals surface area contributed by atoms with E-state index in [0.717, 1.165) is 39.7 Å². The van der Waals surface area contributed by atoms with Gasteiger partial charge in [0, 0.05) is 12.7 Å². The summed E-state index contributed by atoms with van der Waals surface area (Å²) < 4.78 is 39.8. The minimum atomic E-state index is -4.31. The van der Waals surface area contributed by atoms with Gasteiger partial charge in [-0.05, 0) is 47.2 Å². The number of hydrogen-bond donors (Lipinski definition) is 1. The molecule has 23 heavy (non-hydrogen) atoms. The summed E-state index contributed by atoms with van der Waals surface area (Å²) in [7, 11) is 0. The maximum Gasteiger partial charge on any atom is 0.416 e. The highest BCUT2D eigenvalue weighted by atomic mass is 19.4. The van der Waals surface area contributed by atoms with Crippen molar-refractivity contribution in [1.82, 2.24) is 4.57 Å². The topological polar surface area (TPSA) is 25.2 Å². The van der Waals surface area contributed by atoms with E-state index < -0.39 is 11.7 Å². The monoisotopic (exact) mass is 319 g/mol. The minimum absolute atomic E-state index is 0.0345. The van der Waals surface area contributed by atoms with E-state index in [4.69, 9.17) is 0 Å². The smallest absolute Gasteiger partial charge is 0.392 e. The van der Waals surface area contributed by atoms with Crippen LogP contribution in [0.25, 0.3) is 10.9 Å². The van der Waals surface area contributed by atoms with Crippen LogP contribution in [0.4, 0.5) is 13.2 Å². The predicted octanol–water partition coefficient (Wildman–Crippen LogP) is 4.51. The van der Waals surface area contributed by atoms with Crippen molar-refractivity contribution in [2.24, 2.45) is 0 Å². The van der Waals surface area contributed by atoms with E-state index in [2.05, 4.69) is 0 Å². The largest absolute Gasteiger partial charge is 0.416 e. The molecule has 0 unspecified atom stereocenters. The van der Waals surface area contributed by atoms with Crippen LogP contribution in [0.3, 0.4) is 0 Å². The summed E-state index contributed by atoms with van der Waals surface area (Å²) in [5, 5.41) is 10.4. The Labute approximate surface area is 131 Å². The molecule has 0 atom stereocenters. The molecule has 0 saturated carbocycles. The molecule has 1 N–H and O–H groups in total. The molecule has 1 heterocycles. The van der Waals surface area contributed by atoms with E-state index in [1.54, 1.807) is 0 Å². The van der Waals surface area contributed by atoms with Gasteiger partial charge in [0.2, 0.25) is 0 Å². The van der Waals surface area contributed by atoms with Gasteiger partial charge < -0.3 is 9.67 Å². The summed E-state index contributed by atoms with van der Waals surface area (Å²) in [5.74, 6) is 0. The summed E-state index contributed by atoms with van der Waals surface area (Å²) in [6.45, 7) is 2.39. The average molecular weight is 319 g/mol. The molecule has 0 aliphatic rings. The third-order valence-corrected chi connectivity index (χ3v) is 4.10. The maximum absolute atomic E-state index is 12.6. The van der Waals surface area contributed by atoms with Crippen molar-refractivity contribution < 1.29 is 18.3 Å². The van der Waals surface area contributed by atoms with Crippen LogP contribution in [0.2, 0.25) is 0 Å². The molecule has 3 rings (SSSR count). The number of fused-ring (bicyclic) bond motifs is 1. The highest BCUT2D eigenvalue weighted by Crippen LogP contribution is 2.29. The van der Waals surface area contributed by atoms with Crippen molar-refractivity contribution in [1.29, 1.82) is 0 Å². The SMILES string of the molecule is Cc1c(CO)ccc2ccn(Cc3ccc(C(F)(F)F)cc3)c12. The first-order chi connectivity index (χ1) is 10.9. The number of benzene rings is 2. The van der Waals surface area contributed by atoms with E-state index in [1.807, 2.05) is 35.9 Å². The third kappa shape index (κ3) is 2.97. The Morgan fingerprint density at radius 2 is 1.70 bits per heavy atom. The molecule has 5 heteroatoms. The highest BCUT2D eigenvalue weighted by Gasteiger charge is 2.29. The van der Waals surface area contributed by atoms with Crippen molar-refractivity contribution in [3.05, 3.63) is 70.9 Å². The number of rotatable bonds is 3. The summed E-state index contributed by atoms with van der Waals surface area (Å²) in [4.78, 5) is 0. The lowest BCUT2D eigenvalue weighted by molar-refractivity contribution is -0.137. The highest BCUT2D eigenvalue weighted by molar-refractivity contribution is 5.84. The maximum atomic E-state index is 12.6. The lowest BCUT2D eigenvalue weighted by Gasteiger charge is -2.11. The number of halogens is 3. The molecule has 0 amide bonds. The first kappa shape index (κ1) is 15.6. The Hall–Kier alpha value is -2.27.